The van der Waals surface area contributed by atoms with Crippen molar-refractivity contribution in [2.45, 2.75) is 24.9 Å². The smallest absolute Gasteiger partial charge is 0.416 e. The number of carbonyl (C=O) groups is 2. The first-order valence-electron chi connectivity index (χ1n) is 13.1. The molecule has 1 aliphatic rings. The maximum atomic E-state index is 13.5. The van der Waals surface area contributed by atoms with Crippen molar-refractivity contribution in [3.05, 3.63) is 100 Å². The van der Waals surface area contributed by atoms with Crippen molar-refractivity contribution >= 4 is 28.8 Å². The van der Waals surface area contributed by atoms with Crippen LogP contribution in [0.5, 0.6) is 5.75 Å². The molecule has 0 bridgehead atoms. The van der Waals surface area contributed by atoms with Crippen LogP contribution in [0.3, 0.4) is 0 Å². The van der Waals surface area contributed by atoms with E-state index < -0.39 is 11.7 Å². The summed E-state index contributed by atoms with van der Waals surface area (Å²) in [5, 5.41) is 2.64. The summed E-state index contributed by atoms with van der Waals surface area (Å²) in [5.74, 6) is 0.473. The van der Waals surface area contributed by atoms with Crippen LogP contribution in [0, 0.1) is 0 Å². The lowest BCUT2D eigenvalue weighted by Gasteiger charge is -2.31. The number of thiazole rings is 1. The third-order valence-electron chi connectivity index (χ3n) is 7.32. The van der Waals surface area contributed by atoms with Gasteiger partial charge in [0.1, 0.15) is 11.4 Å². The van der Waals surface area contributed by atoms with Gasteiger partial charge in [0.15, 0.2) is 0 Å². The van der Waals surface area contributed by atoms with Crippen molar-refractivity contribution in [3.8, 4) is 16.9 Å². The normalized spacial score (nSPS) is 14.1. The second-order valence-corrected chi connectivity index (χ2v) is 10.7. The Morgan fingerprint density at radius 1 is 0.976 bits per heavy atom. The van der Waals surface area contributed by atoms with Crippen molar-refractivity contribution in [1.82, 2.24) is 9.88 Å². The Labute approximate surface area is 240 Å². The van der Waals surface area contributed by atoms with Gasteiger partial charge in [0.25, 0.3) is 11.8 Å². The van der Waals surface area contributed by atoms with Gasteiger partial charge in [0, 0.05) is 42.7 Å². The van der Waals surface area contributed by atoms with E-state index in [2.05, 4.69) is 4.98 Å². The summed E-state index contributed by atoms with van der Waals surface area (Å²) >= 11 is 1.45. The number of hydrogen-bond acceptors (Lipinski definition) is 5. The number of nitrogens with zero attached hydrogens (tertiary/aromatic N) is 3. The van der Waals surface area contributed by atoms with Gasteiger partial charge >= 0.3 is 6.18 Å². The summed E-state index contributed by atoms with van der Waals surface area (Å²) < 4.78 is 44.2. The predicted octanol–water partition coefficient (Wildman–Crippen LogP) is 7.13. The highest BCUT2D eigenvalue weighted by Gasteiger charge is 2.31. The van der Waals surface area contributed by atoms with E-state index in [1.165, 1.54) is 23.5 Å². The molecule has 0 saturated carbocycles. The molecule has 10 heteroatoms. The SMILES string of the molecule is COc1ccc(N(C)C(=O)c2csc(C3CCN(C(=O)c4ccccc4-c4ccc(C(F)(F)F)cc4)CC3)n2)cc1. The van der Waals surface area contributed by atoms with E-state index in [-0.39, 0.29) is 17.7 Å². The topological polar surface area (TPSA) is 62.7 Å². The monoisotopic (exact) mass is 579 g/mol. The molecule has 4 aromatic rings. The third kappa shape index (κ3) is 6.12. The van der Waals surface area contributed by atoms with Gasteiger partial charge in [0.05, 0.1) is 17.7 Å². The van der Waals surface area contributed by atoms with E-state index in [1.54, 1.807) is 65.7 Å². The summed E-state index contributed by atoms with van der Waals surface area (Å²) in [4.78, 5) is 34.5. The molecule has 1 saturated heterocycles. The van der Waals surface area contributed by atoms with Crippen LogP contribution < -0.4 is 9.64 Å². The predicted molar refractivity (Wildman–Crippen MR) is 153 cm³/mol. The van der Waals surface area contributed by atoms with Crippen molar-refractivity contribution in [3.63, 3.8) is 0 Å². The molecule has 0 radical (unpaired) electrons. The van der Waals surface area contributed by atoms with Gasteiger partial charge in [-0.25, -0.2) is 4.98 Å². The molecule has 3 aromatic carbocycles. The number of hydrogen-bond donors (Lipinski definition) is 0. The second kappa shape index (κ2) is 11.7. The molecule has 2 amide bonds. The van der Waals surface area contributed by atoms with Crippen LogP contribution >= 0.6 is 11.3 Å². The highest BCUT2D eigenvalue weighted by Crippen LogP contribution is 2.34. The van der Waals surface area contributed by atoms with Crippen LogP contribution in [0.1, 0.15) is 50.2 Å². The van der Waals surface area contributed by atoms with Crippen LogP contribution in [0.25, 0.3) is 11.1 Å². The Kier molecular flexibility index (Phi) is 8.12. The molecular formula is C31H28F3N3O3S. The number of halogens is 3. The van der Waals surface area contributed by atoms with Gasteiger partial charge in [0.2, 0.25) is 0 Å². The standard InChI is InChI=1S/C31H28F3N3O3S/c1-36(23-11-13-24(40-2)14-12-23)30(39)27-19-41-28(35-27)21-15-17-37(18-16-21)29(38)26-6-4-3-5-25(26)20-7-9-22(10-8-20)31(32,33)34/h3-14,19,21H,15-18H2,1-2H3. The fraction of sp³-hybridized carbons (Fsp3) is 0.258. The van der Waals surface area contributed by atoms with E-state index in [1.807, 2.05) is 12.1 Å². The van der Waals surface area contributed by atoms with E-state index in [0.717, 1.165) is 22.8 Å². The van der Waals surface area contributed by atoms with Crippen molar-refractivity contribution in [1.29, 1.82) is 0 Å². The minimum absolute atomic E-state index is 0.127. The molecule has 1 aliphatic heterocycles. The van der Waals surface area contributed by atoms with E-state index in [9.17, 15) is 22.8 Å². The number of rotatable bonds is 6. The highest BCUT2D eigenvalue weighted by atomic mass is 32.1. The molecule has 5 rings (SSSR count). The lowest BCUT2D eigenvalue weighted by atomic mass is 9.94. The fourth-order valence-corrected chi connectivity index (χ4v) is 5.89. The lowest BCUT2D eigenvalue weighted by molar-refractivity contribution is -0.137. The summed E-state index contributed by atoms with van der Waals surface area (Å²) in [5.41, 5.74) is 1.98. The van der Waals surface area contributed by atoms with Crippen LogP contribution in [-0.2, 0) is 6.18 Å². The van der Waals surface area contributed by atoms with E-state index >= 15 is 0 Å². The molecule has 1 fully saturated rings. The summed E-state index contributed by atoms with van der Waals surface area (Å²) in [6.45, 7) is 1.03. The number of alkyl halides is 3. The number of amides is 2. The van der Waals surface area contributed by atoms with Crippen molar-refractivity contribution in [2.24, 2.45) is 0 Å². The largest absolute Gasteiger partial charge is 0.497 e. The summed E-state index contributed by atoms with van der Waals surface area (Å²) in [7, 11) is 3.29. The highest BCUT2D eigenvalue weighted by molar-refractivity contribution is 7.10. The third-order valence-corrected chi connectivity index (χ3v) is 8.32. The first-order chi connectivity index (χ1) is 19.7. The number of ether oxygens (including phenoxy) is 1. The molecule has 0 N–H and O–H groups in total. The second-order valence-electron chi connectivity index (χ2n) is 9.82. The quantitative estimate of drug-likeness (QED) is 0.244. The number of likely N-dealkylation sites (tertiary alicyclic amines) is 1. The number of carbonyl (C=O) groups excluding carboxylic acids is 2. The average molecular weight is 580 g/mol. The Hall–Kier alpha value is -4.18. The molecule has 212 valence electrons. The molecule has 0 spiro atoms. The Balaban J connectivity index is 1.23. The van der Waals surface area contributed by atoms with Gasteiger partial charge in [-0.3, -0.25) is 9.59 Å². The number of benzene rings is 3. The Bertz CT molecular complexity index is 1530. The number of piperidine rings is 1. The maximum absolute atomic E-state index is 13.5. The molecular weight excluding hydrogens is 551 g/mol. The summed E-state index contributed by atoms with van der Waals surface area (Å²) in [6, 6.07) is 19.0. The van der Waals surface area contributed by atoms with Crippen LogP contribution in [0.15, 0.2) is 78.2 Å². The first kappa shape index (κ1) is 28.4. The lowest BCUT2D eigenvalue weighted by Crippen LogP contribution is -2.38. The molecule has 1 aromatic heterocycles. The zero-order valence-corrected chi connectivity index (χ0v) is 23.3. The van der Waals surface area contributed by atoms with Gasteiger partial charge < -0.3 is 14.5 Å². The number of aromatic nitrogens is 1. The molecule has 41 heavy (non-hydrogen) atoms. The van der Waals surface area contributed by atoms with Gasteiger partial charge in [-0.05, 0) is 66.4 Å². The maximum Gasteiger partial charge on any atom is 0.416 e. The van der Waals surface area contributed by atoms with Crippen molar-refractivity contribution < 1.29 is 27.5 Å². The Morgan fingerprint density at radius 2 is 1.63 bits per heavy atom. The van der Waals surface area contributed by atoms with E-state index in [0.29, 0.717) is 54.1 Å². The Morgan fingerprint density at radius 3 is 2.27 bits per heavy atom. The van der Waals surface area contributed by atoms with Crippen LogP contribution in [-0.4, -0.2) is 48.9 Å². The van der Waals surface area contributed by atoms with Gasteiger partial charge in [-0.1, -0.05) is 30.3 Å². The van der Waals surface area contributed by atoms with Crippen LogP contribution in [0.4, 0.5) is 18.9 Å². The first-order valence-corrected chi connectivity index (χ1v) is 14.0. The average Bonchev–Trinajstić information content (AvgIpc) is 3.50. The molecule has 0 atom stereocenters. The number of anilines is 1. The van der Waals surface area contributed by atoms with Crippen molar-refractivity contribution in [2.75, 3.05) is 32.1 Å². The minimum Gasteiger partial charge on any atom is -0.497 e. The van der Waals surface area contributed by atoms with Gasteiger partial charge in [-0.2, -0.15) is 13.2 Å². The summed E-state index contributed by atoms with van der Waals surface area (Å²) in [6.07, 6.45) is -3.02. The van der Waals surface area contributed by atoms with Gasteiger partial charge in [-0.15, -0.1) is 11.3 Å². The van der Waals surface area contributed by atoms with E-state index in [4.69, 9.17) is 4.74 Å². The molecule has 0 aliphatic carbocycles. The van der Waals surface area contributed by atoms with Crippen LogP contribution in [0.2, 0.25) is 0 Å². The molecule has 6 nitrogen and oxygen atoms in total. The number of methoxy groups -OCH3 is 1. The zero-order chi connectivity index (χ0) is 29.1. The fourth-order valence-electron chi connectivity index (χ4n) is 4.93. The minimum atomic E-state index is -4.42. The zero-order valence-electron chi connectivity index (χ0n) is 22.5. The molecule has 0 unspecified atom stereocenters. The molecule has 2 heterocycles.